The number of hydrogen-bond donors (Lipinski definition) is 1. The van der Waals surface area contributed by atoms with E-state index in [1.807, 2.05) is 12.1 Å². The number of fused-ring (bicyclic) bond motifs is 1. The van der Waals surface area contributed by atoms with Crippen LogP contribution in [0.1, 0.15) is 73.7 Å². The van der Waals surface area contributed by atoms with E-state index in [9.17, 15) is 9.59 Å². The van der Waals surface area contributed by atoms with Crippen molar-refractivity contribution in [3.8, 4) is 11.5 Å². The number of nitrogens with zero attached hydrogens (tertiary/aromatic N) is 1. The number of ether oxygens (including phenoxy) is 2. The molecule has 0 saturated heterocycles. The van der Waals surface area contributed by atoms with Gasteiger partial charge in [0, 0.05) is 39.4 Å². The molecule has 1 saturated carbocycles. The number of ketones is 1. The van der Waals surface area contributed by atoms with Gasteiger partial charge in [0.05, 0.1) is 19.9 Å². The number of methoxy groups -OCH3 is 2. The van der Waals surface area contributed by atoms with Crippen LogP contribution in [0.3, 0.4) is 0 Å². The van der Waals surface area contributed by atoms with E-state index in [0.717, 1.165) is 30.0 Å². The summed E-state index contributed by atoms with van der Waals surface area (Å²) < 4.78 is 11.7. The van der Waals surface area contributed by atoms with Gasteiger partial charge in [0.15, 0.2) is 17.3 Å². The quantitative estimate of drug-likeness (QED) is 0.177. The van der Waals surface area contributed by atoms with Crippen LogP contribution < -0.4 is 14.9 Å². The van der Waals surface area contributed by atoms with Gasteiger partial charge in [-0.3, -0.25) is 9.59 Å². The molecular formula is C29H34N2O4S. The summed E-state index contributed by atoms with van der Waals surface area (Å²) in [6, 6.07) is 13.3. The van der Waals surface area contributed by atoms with Crippen LogP contribution >= 0.6 is 11.3 Å². The standard InChI is InChI=1S/C29H34N2O4S/c1-34-26-16-13-21(18-27(26)35-2)25(32)15-17-29(33)31-30-24(14-12-20-8-4-3-5-9-20)23-19-36-28-11-7-6-10-22(23)28/h6-7,10-11,13,16,18-20H,3-5,8-9,12,14-15,17H2,1-2H3,(H,31,33)/b30-24+. The van der Waals surface area contributed by atoms with Gasteiger partial charge >= 0.3 is 0 Å². The van der Waals surface area contributed by atoms with Crippen molar-refractivity contribution in [2.24, 2.45) is 11.0 Å². The highest BCUT2D eigenvalue weighted by Gasteiger charge is 2.18. The summed E-state index contributed by atoms with van der Waals surface area (Å²) in [5.74, 6) is 1.38. The number of thiophene rings is 1. The zero-order chi connectivity index (χ0) is 25.3. The molecule has 0 aliphatic heterocycles. The summed E-state index contributed by atoms with van der Waals surface area (Å²) in [5.41, 5.74) is 5.22. The Morgan fingerprint density at radius 1 is 0.972 bits per heavy atom. The van der Waals surface area contributed by atoms with E-state index in [-0.39, 0.29) is 24.5 Å². The predicted octanol–water partition coefficient (Wildman–Crippen LogP) is 6.76. The van der Waals surface area contributed by atoms with Gasteiger partial charge in [0.1, 0.15) is 0 Å². The summed E-state index contributed by atoms with van der Waals surface area (Å²) in [6.07, 6.45) is 8.58. The lowest BCUT2D eigenvalue weighted by Gasteiger charge is -2.21. The van der Waals surface area contributed by atoms with Gasteiger partial charge in [-0.15, -0.1) is 11.3 Å². The molecule has 1 fully saturated rings. The molecule has 36 heavy (non-hydrogen) atoms. The van der Waals surface area contributed by atoms with Crippen LogP contribution in [0.25, 0.3) is 10.1 Å². The first-order valence-electron chi connectivity index (χ1n) is 12.7. The second-order valence-corrected chi connectivity index (χ2v) is 10.2. The van der Waals surface area contributed by atoms with E-state index in [0.29, 0.717) is 17.1 Å². The van der Waals surface area contributed by atoms with Crippen LogP contribution in [0.2, 0.25) is 0 Å². The SMILES string of the molecule is COc1ccc(C(=O)CCC(=O)N/N=C(\CCC2CCCCC2)c2csc3ccccc23)cc1OC. The minimum absolute atomic E-state index is 0.0664. The summed E-state index contributed by atoms with van der Waals surface area (Å²) in [7, 11) is 3.08. The topological polar surface area (TPSA) is 77.0 Å². The van der Waals surface area contributed by atoms with E-state index in [1.165, 1.54) is 49.3 Å². The number of hydrogen-bond acceptors (Lipinski definition) is 6. The summed E-state index contributed by atoms with van der Waals surface area (Å²) in [4.78, 5) is 25.3. The van der Waals surface area contributed by atoms with Gasteiger partial charge < -0.3 is 9.47 Å². The normalized spacial score (nSPS) is 14.6. The molecule has 0 unspecified atom stereocenters. The fourth-order valence-corrected chi connectivity index (χ4v) is 5.81. The fourth-order valence-electron chi connectivity index (χ4n) is 4.84. The Morgan fingerprint density at radius 2 is 1.75 bits per heavy atom. The number of carbonyl (C=O) groups is 2. The largest absolute Gasteiger partial charge is 0.493 e. The molecule has 1 amide bonds. The van der Waals surface area contributed by atoms with Gasteiger partial charge in [-0.05, 0) is 43.0 Å². The molecule has 0 radical (unpaired) electrons. The van der Waals surface area contributed by atoms with Gasteiger partial charge in [-0.1, -0.05) is 50.3 Å². The molecule has 6 nitrogen and oxygen atoms in total. The minimum Gasteiger partial charge on any atom is -0.493 e. The molecule has 1 aliphatic carbocycles. The first-order chi connectivity index (χ1) is 17.6. The number of benzene rings is 2. The van der Waals surface area contributed by atoms with Crippen molar-refractivity contribution in [2.75, 3.05) is 14.2 Å². The third kappa shape index (κ3) is 6.52. The van der Waals surface area contributed by atoms with Gasteiger partial charge in [-0.25, -0.2) is 5.43 Å². The number of nitrogens with one attached hydrogen (secondary N) is 1. The average Bonchev–Trinajstić information content (AvgIpc) is 3.36. The molecular weight excluding hydrogens is 472 g/mol. The first-order valence-corrected chi connectivity index (χ1v) is 13.5. The van der Waals surface area contributed by atoms with E-state index < -0.39 is 0 Å². The molecule has 4 rings (SSSR count). The van der Waals surface area contributed by atoms with Crippen molar-refractivity contribution in [1.29, 1.82) is 0 Å². The first kappa shape index (κ1) is 25.9. The highest BCUT2D eigenvalue weighted by molar-refractivity contribution is 7.17. The van der Waals surface area contributed by atoms with Crippen molar-refractivity contribution in [3.63, 3.8) is 0 Å². The fraction of sp³-hybridized carbons (Fsp3) is 0.414. The van der Waals surface area contributed by atoms with Gasteiger partial charge in [-0.2, -0.15) is 5.10 Å². The number of Topliss-reactive ketones (excluding diaryl/α,β-unsaturated/α-hetero) is 1. The molecule has 1 N–H and O–H groups in total. The van der Waals surface area contributed by atoms with Crippen LogP contribution in [0.5, 0.6) is 11.5 Å². The predicted molar refractivity (Wildman–Crippen MR) is 145 cm³/mol. The van der Waals surface area contributed by atoms with Crippen LogP contribution in [0, 0.1) is 5.92 Å². The Hall–Kier alpha value is -3.19. The van der Waals surface area contributed by atoms with Crippen LogP contribution in [0.15, 0.2) is 52.9 Å². The Balaban J connectivity index is 1.41. The van der Waals surface area contributed by atoms with E-state index in [1.54, 1.807) is 36.6 Å². The Morgan fingerprint density at radius 3 is 2.53 bits per heavy atom. The molecule has 0 atom stereocenters. The summed E-state index contributed by atoms with van der Waals surface area (Å²) >= 11 is 1.70. The number of rotatable bonds is 11. The number of carbonyl (C=O) groups excluding carboxylic acids is 2. The van der Waals surface area contributed by atoms with Gasteiger partial charge in [0.25, 0.3) is 0 Å². The van der Waals surface area contributed by atoms with Crippen molar-refractivity contribution < 1.29 is 19.1 Å². The van der Waals surface area contributed by atoms with E-state index in [2.05, 4.69) is 28.0 Å². The third-order valence-corrected chi connectivity index (χ3v) is 7.87. The second kappa shape index (κ2) is 12.7. The van der Waals surface area contributed by atoms with Crippen LogP contribution in [0.4, 0.5) is 0 Å². The Bertz CT molecular complexity index is 1230. The smallest absolute Gasteiger partial charge is 0.240 e. The average molecular weight is 507 g/mol. The highest BCUT2D eigenvalue weighted by atomic mass is 32.1. The van der Waals surface area contributed by atoms with Crippen molar-refractivity contribution in [1.82, 2.24) is 5.43 Å². The number of hydrazone groups is 1. The maximum absolute atomic E-state index is 12.7. The van der Waals surface area contributed by atoms with Crippen molar-refractivity contribution in [3.05, 3.63) is 59.0 Å². The maximum atomic E-state index is 12.7. The van der Waals surface area contributed by atoms with E-state index in [4.69, 9.17) is 9.47 Å². The molecule has 0 spiro atoms. The molecule has 1 heterocycles. The van der Waals surface area contributed by atoms with Crippen molar-refractivity contribution >= 4 is 38.8 Å². The Labute approximate surface area is 216 Å². The minimum atomic E-state index is -0.265. The van der Waals surface area contributed by atoms with Crippen molar-refractivity contribution in [2.45, 2.75) is 57.8 Å². The molecule has 0 bridgehead atoms. The molecule has 2 aromatic carbocycles. The number of amides is 1. The summed E-state index contributed by atoms with van der Waals surface area (Å²) in [5, 5.41) is 7.88. The molecule has 1 aromatic heterocycles. The molecule has 190 valence electrons. The monoisotopic (exact) mass is 506 g/mol. The van der Waals surface area contributed by atoms with Crippen LogP contribution in [-0.4, -0.2) is 31.6 Å². The van der Waals surface area contributed by atoms with E-state index >= 15 is 0 Å². The lowest BCUT2D eigenvalue weighted by atomic mass is 9.85. The van der Waals surface area contributed by atoms with Crippen LogP contribution in [-0.2, 0) is 4.79 Å². The lowest BCUT2D eigenvalue weighted by Crippen LogP contribution is -2.21. The third-order valence-electron chi connectivity index (χ3n) is 6.91. The molecule has 7 heteroatoms. The molecule has 1 aliphatic rings. The highest BCUT2D eigenvalue weighted by Crippen LogP contribution is 2.31. The summed E-state index contributed by atoms with van der Waals surface area (Å²) in [6.45, 7) is 0. The zero-order valence-electron chi connectivity index (χ0n) is 21.0. The molecule has 3 aromatic rings. The Kier molecular flexibility index (Phi) is 9.11. The zero-order valence-corrected chi connectivity index (χ0v) is 21.9. The maximum Gasteiger partial charge on any atom is 0.240 e. The van der Waals surface area contributed by atoms with Gasteiger partial charge in [0.2, 0.25) is 5.91 Å². The lowest BCUT2D eigenvalue weighted by molar-refractivity contribution is -0.121. The second-order valence-electron chi connectivity index (χ2n) is 9.27.